The fourth-order valence-corrected chi connectivity index (χ4v) is 2.07. The number of nitro benzene ring substituents is 1. The summed E-state index contributed by atoms with van der Waals surface area (Å²) < 4.78 is 26.6. The zero-order valence-corrected chi connectivity index (χ0v) is 10.2. The van der Waals surface area contributed by atoms with Crippen LogP contribution in [-0.4, -0.2) is 19.2 Å². The van der Waals surface area contributed by atoms with E-state index in [1.165, 1.54) is 6.92 Å². The largest absolute Gasteiger partial charge is 0.286 e. The molecule has 0 unspecified atom stereocenters. The first-order valence-corrected chi connectivity index (χ1v) is 6.11. The number of hydrogen-bond acceptors (Lipinski definition) is 4. The Balaban J connectivity index is 3.13. The minimum absolute atomic E-state index is 0.00465. The molecule has 0 aliphatic rings. The van der Waals surface area contributed by atoms with Crippen LogP contribution in [0, 0.1) is 10.1 Å². The van der Waals surface area contributed by atoms with E-state index in [1.807, 2.05) is 0 Å². The van der Waals surface area contributed by atoms with Crippen molar-refractivity contribution in [1.82, 2.24) is 4.84 Å². The molecule has 0 spiro atoms. The lowest BCUT2D eigenvalue weighted by molar-refractivity contribution is -0.384. The Morgan fingerprint density at radius 2 is 1.94 bits per heavy atom. The predicted octanol–water partition coefficient (Wildman–Crippen LogP) is 1.45. The van der Waals surface area contributed by atoms with Crippen molar-refractivity contribution >= 4 is 33.3 Å². The second kappa shape index (κ2) is 5.11. The molecule has 0 aliphatic heterocycles. The maximum atomic E-state index is 11.6. The third-order valence-electron chi connectivity index (χ3n) is 1.74. The van der Waals surface area contributed by atoms with Crippen LogP contribution in [0.4, 0.5) is 5.69 Å². The fraction of sp³-hybridized carbons (Fsp3) is 0.125. The average molecular weight is 278 g/mol. The van der Waals surface area contributed by atoms with Crippen LogP contribution < -0.4 is 4.84 Å². The molecule has 1 aromatic rings. The van der Waals surface area contributed by atoms with Gasteiger partial charge in [0.1, 0.15) is 5.84 Å². The molecule has 0 aromatic heterocycles. The van der Waals surface area contributed by atoms with E-state index < -0.39 is 14.9 Å². The summed E-state index contributed by atoms with van der Waals surface area (Å²) in [7, 11) is -3.90. The van der Waals surface area contributed by atoms with Crippen molar-refractivity contribution in [2.75, 3.05) is 0 Å². The number of nitrogens with one attached hydrogen (secondary N) is 1. The van der Waals surface area contributed by atoms with E-state index in [-0.39, 0.29) is 16.4 Å². The standard InChI is InChI=1S/C8H8ClN3O4S/c1-6(10-9)11-17(15,16)8-4-2-7(3-5-8)12(13)14/h2-5H,1H3,(H,10,11). The van der Waals surface area contributed by atoms with Crippen LogP contribution in [0.2, 0.25) is 0 Å². The highest BCUT2D eigenvalue weighted by Gasteiger charge is 2.15. The summed E-state index contributed by atoms with van der Waals surface area (Å²) in [5, 5.41) is 10.4. The van der Waals surface area contributed by atoms with Crippen molar-refractivity contribution in [3.8, 4) is 0 Å². The van der Waals surface area contributed by atoms with Crippen LogP contribution >= 0.6 is 11.8 Å². The molecule has 0 aliphatic carbocycles. The Kier molecular flexibility index (Phi) is 4.02. The van der Waals surface area contributed by atoms with Gasteiger partial charge in [-0.3, -0.25) is 15.0 Å². The highest BCUT2D eigenvalue weighted by atomic mass is 35.5. The number of nitrogens with zero attached hydrogens (tertiary/aromatic N) is 2. The summed E-state index contributed by atoms with van der Waals surface area (Å²) in [5.41, 5.74) is -0.194. The molecule has 17 heavy (non-hydrogen) atoms. The van der Waals surface area contributed by atoms with E-state index in [0.717, 1.165) is 24.3 Å². The van der Waals surface area contributed by atoms with Crippen molar-refractivity contribution in [3.63, 3.8) is 0 Å². The number of sulfonamides is 1. The molecule has 1 N–H and O–H groups in total. The van der Waals surface area contributed by atoms with E-state index in [4.69, 9.17) is 11.8 Å². The molecule has 0 amide bonds. The van der Waals surface area contributed by atoms with Crippen molar-refractivity contribution < 1.29 is 13.3 Å². The summed E-state index contributed by atoms with van der Waals surface area (Å²) in [6, 6.07) is 4.40. The Bertz CT molecular complexity index is 553. The molecule has 0 bridgehead atoms. The monoisotopic (exact) mass is 277 g/mol. The highest BCUT2D eigenvalue weighted by molar-refractivity contribution is 7.90. The molecule has 1 rings (SSSR count). The zero-order valence-electron chi connectivity index (χ0n) is 8.62. The van der Waals surface area contributed by atoms with Gasteiger partial charge in [-0.2, -0.15) is 8.42 Å². The molecule has 0 fully saturated rings. The topological polar surface area (TPSA) is 102 Å². The molecule has 0 heterocycles. The summed E-state index contributed by atoms with van der Waals surface area (Å²) in [4.78, 5) is 11.7. The van der Waals surface area contributed by atoms with Gasteiger partial charge in [0, 0.05) is 23.9 Å². The normalized spacial score (nSPS) is 12.2. The average Bonchev–Trinajstić information content (AvgIpc) is 2.28. The SMILES string of the molecule is CC(=NS(=O)(=O)c1ccc([N+](=O)[O-])cc1)NCl. The first-order chi connectivity index (χ1) is 7.86. The predicted molar refractivity (Wildman–Crippen MR) is 62.4 cm³/mol. The number of benzene rings is 1. The van der Waals surface area contributed by atoms with Crippen LogP contribution in [0.5, 0.6) is 0 Å². The van der Waals surface area contributed by atoms with Gasteiger partial charge in [0.25, 0.3) is 15.7 Å². The van der Waals surface area contributed by atoms with Crippen molar-refractivity contribution in [1.29, 1.82) is 0 Å². The minimum Gasteiger partial charge on any atom is -0.286 e. The third kappa shape index (κ3) is 3.40. The van der Waals surface area contributed by atoms with Crippen LogP contribution in [0.15, 0.2) is 33.6 Å². The van der Waals surface area contributed by atoms with E-state index in [2.05, 4.69) is 9.23 Å². The van der Waals surface area contributed by atoms with Crippen molar-refractivity contribution in [3.05, 3.63) is 34.4 Å². The maximum absolute atomic E-state index is 11.6. The van der Waals surface area contributed by atoms with E-state index in [9.17, 15) is 18.5 Å². The van der Waals surface area contributed by atoms with E-state index in [0.29, 0.717) is 0 Å². The molecular weight excluding hydrogens is 270 g/mol. The molecule has 0 atom stereocenters. The first kappa shape index (κ1) is 13.4. The van der Waals surface area contributed by atoms with Gasteiger partial charge in [-0.1, -0.05) is 0 Å². The second-order valence-electron chi connectivity index (χ2n) is 3.00. The van der Waals surface area contributed by atoms with Gasteiger partial charge < -0.3 is 0 Å². The fourth-order valence-electron chi connectivity index (χ4n) is 0.990. The number of rotatable bonds is 3. The van der Waals surface area contributed by atoms with Gasteiger partial charge in [0.15, 0.2) is 0 Å². The summed E-state index contributed by atoms with van der Waals surface area (Å²) >= 11 is 5.18. The van der Waals surface area contributed by atoms with E-state index >= 15 is 0 Å². The molecular formula is C8H8ClN3O4S. The number of halogens is 1. The summed E-state index contributed by atoms with van der Waals surface area (Å²) in [6.07, 6.45) is 0. The minimum atomic E-state index is -3.90. The second-order valence-corrected chi connectivity index (χ2v) is 4.79. The van der Waals surface area contributed by atoms with Gasteiger partial charge in [-0.25, -0.2) is 0 Å². The number of non-ortho nitro benzene ring substituents is 1. The van der Waals surface area contributed by atoms with Crippen molar-refractivity contribution in [2.24, 2.45) is 4.40 Å². The van der Waals surface area contributed by atoms with Crippen molar-refractivity contribution in [2.45, 2.75) is 11.8 Å². The van der Waals surface area contributed by atoms with Gasteiger partial charge >= 0.3 is 0 Å². The molecule has 0 saturated carbocycles. The van der Waals surface area contributed by atoms with Crippen LogP contribution in [-0.2, 0) is 10.0 Å². The van der Waals surface area contributed by atoms with Crippen LogP contribution in [0.25, 0.3) is 0 Å². The lowest BCUT2D eigenvalue weighted by atomic mass is 10.3. The molecule has 92 valence electrons. The molecule has 1 aromatic carbocycles. The van der Waals surface area contributed by atoms with Crippen LogP contribution in [0.3, 0.4) is 0 Å². The smallest absolute Gasteiger partial charge is 0.283 e. The first-order valence-electron chi connectivity index (χ1n) is 4.29. The van der Waals surface area contributed by atoms with Gasteiger partial charge in [0.05, 0.1) is 9.82 Å². The van der Waals surface area contributed by atoms with Gasteiger partial charge in [-0.15, -0.1) is 4.40 Å². The molecule has 7 nitrogen and oxygen atoms in total. The Morgan fingerprint density at radius 3 is 2.35 bits per heavy atom. The number of nitro groups is 1. The number of amidine groups is 1. The van der Waals surface area contributed by atoms with Gasteiger partial charge in [0.2, 0.25) is 0 Å². The molecule has 0 radical (unpaired) electrons. The van der Waals surface area contributed by atoms with E-state index in [1.54, 1.807) is 0 Å². The molecule has 0 saturated heterocycles. The highest BCUT2D eigenvalue weighted by Crippen LogP contribution is 2.17. The molecule has 9 heteroatoms. The summed E-state index contributed by atoms with van der Waals surface area (Å²) in [6.45, 7) is 1.37. The lowest BCUT2D eigenvalue weighted by Gasteiger charge is -2.00. The quantitative estimate of drug-likeness (QED) is 0.296. The lowest BCUT2D eigenvalue weighted by Crippen LogP contribution is -2.11. The Morgan fingerprint density at radius 1 is 1.41 bits per heavy atom. The third-order valence-corrected chi connectivity index (χ3v) is 3.39. The van der Waals surface area contributed by atoms with Gasteiger partial charge in [-0.05, 0) is 19.1 Å². The van der Waals surface area contributed by atoms with Crippen LogP contribution in [0.1, 0.15) is 6.92 Å². The maximum Gasteiger partial charge on any atom is 0.283 e. The summed E-state index contributed by atoms with van der Waals surface area (Å²) in [5.74, 6) is 0.00465. The zero-order chi connectivity index (χ0) is 13.1. The number of hydrogen-bond donors (Lipinski definition) is 1. The Hall–Kier alpha value is -1.67. The Labute approximate surface area is 102 Å².